The first kappa shape index (κ1) is 17.7. The van der Waals surface area contributed by atoms with Crippen molar-refractivity contribution < 1.29 is 9.53 Å². The van der Waals surface area contributed by atoms with Crippen LogP contribution in [0.3, 0.4) is 0 Å². The largest absolute Gasteiger partial charge is 0.469 e. The fourth-order valence-electron chi connectivity index (χ4n) is 2.86. The van der Waals surface area contributed by atoms with E-state index in [-0.39, 0.29) is 17.8 Å². The van der Waals surface area contributed by atoms with Gasteiger partial charge in [0.15, 0.2) is 5.96 Å². The number of hydrogen-bond acceptors (Lipinski definition) is 5. The minimum Gasteiger partial charge on any atom is -0.469 e. The van der Waals surface area contributed by atoms with Crippen LogP contribution in [0.5, 0.6) is 0 Å². The number of rotatable bonds is 5. The van der Waals surface area contributed by atoms with Crippen molar-refractivity contribution in [2.45, 2.75) is 26.7 Å². The number of hydrogen-bond donors (Lipinski definition) is 1. The second-order valence-corrected chi connectivity index (χ2v) is 6.76. The molecule has 6 nitrogen and oxygen atoms in total. The first-order chi connectivity index (χ1) is 11.1. The van der Waals surface area contributed by atoms with Gasteiger partial charge in [0.25, 0.3) is 0 Å². The molecule has 0 bridgehead atoms. The van der Waals surface area contributed by atoms with Crippen LogP contribution in [-0.2, 0) is 22.4 Å². The Morgan fingerprint density at radius 2 is 2.35 bits per heavy atom. The fraction of sp³-hybridized carbons (Fsp3) is 0.688. The van der Waals surface area contributed by atoms with E-state index in [1.165, 1.54) is 12.1 Å². The first-order valence-corrected chi connectivity index (χ1v) is 8.93. The summed E-state index contributed by atoms with van der Waals surface area (Å²) < 4.78 is 4.89. The number of aliphatic imine (C=N–C) groups is 1. The van der Waals surface area contributed by atoms with Gasteiger partial charge >= 0.3 is 5.97 Å². The summed E-state index contributed by atoms with van der Waals surface area (Å²) in [4.78, 5) is 22.8. The topological polar surface area (TPSA) is 66.8 Å². The Morgan fingerprint density at radius 3 is 2.96 bits per heavy atom. The maximum atomic E-state index is 11.8. The average molecular weight is 338 g/mol. The van der Waals surface area contributed by atoms with Crippen molar-refractivity contribution in [1.82, 2.24) is 15.2 Å². The summed E-state index contributed by atoms with van der Waals surface area (Å²) in [6, 6.07) is 0. The Bertz CT molecular complexity index is 558. The minimum atomic E-state index is -0.134. The molecular weight excluding hydrogens is 312 g/mol. The number of carbonyl (C=O) groups is 1. The number of esters is 1. The second-order valence-electron chi connectivity index (χ2n) is 5.82. The van der Waals surface area contributed by atoms with Crippen LogP contribution in [0.2, 0.25) is 0 Å². The summed E-state index contributed by atoms with van der Waals surface area (Å²) in [5, 5.41) is 6.67. The van der Waals surface area contributed by atoms with E-state index in [9.17, 15) is 4.79 Å². The lowest BCUT2D eigenvalue weighted by atomic mass is 9.99. The van der Waals surface area contributed by atoms with Gasteiger partial charge in [0.05, 0.1) is 23.7 Å². The van der Waals surface area contributed by atoms with Crippen LogP contribution in [0.1, 0.15) is 24.5 Å². The summed E-state index contributed by atoms with van der Waals surface area (Å²) in [7, 11) is 3.22. The van der Waals surface area contributed by atoms with Gasteiger partial charge in [-0.1, -0.05) is 13.8 Å². The highest BCUT2D eigenvalue weighted by Crippen LogP contribution is 2.24. The Balaban J connectivity index is 1.85. The quantitative estimate of drug-likeness (QED) is 0.501. The molecule has 2 rings (SSSR count). The van der Waals surface area contributed by atoms with Crippen molar-refractivity contribution in [3.8, 4) is 0 Å². The molecule has 0 aromatic carbocycles. The van der Waals surface area contributed by atoms with Gasteiger partial charge in [0.1, 0.15) is 0 Å². The highest BCUT2D eigenvalue weighted by atomic mass is 32.1. The van der Waals surface area contributed by atoms with Gasteiger partial charge in [-0.05, 0) is 12.3 Å². The van der Waals surface area contributed by atoms with Crippen LogP contribution in [-0.4, -0.2) is 55.6 Å². The van der Waals surface area contributed by atoms with Crippen molar-refractivity contribution in [3.05, 3.63) is 16.1 Å². The molecule has 0 spiro atoms. The van der Waals surface area contributed by atoms with Crippen molar-refractivity contribution in [1.29, 1.82) is 0 Å². The lowest BCUT2D eigenvalue weighted by Gasteiger charge is -2.21. The Kier molecular flexibility index (Phi) is 6.38. The number of thiazole rings is 1. The number of aryl methyl sites for hydroxylation is 1. The van der Waals surface area contributed by atoms with Crippen molar-refractivity contribution in [2.75, 3.05) is 33.8 Å². The van der Waals surface area contributed by atoms with E-state index >= 15 is 0 Å². The van der Waals surface area contributed by atoms with E-state index in [1.54, 1.807) is 18.4 Å². The highest BCUT2D eigenvalue weighted by Gasteiger charge is 2.36. The summed E-state index contributed by atoms with van der Waals surface area (Å²) >= 11 is 1.71. The second kappa shape index (κ2) is 8.29. The maximum Gasteiger partial charge on any atom is 0.310 e. The van der Waals surface area contributed by atoms with Gasteiger partial charge in [0, 0.05) is 38.5 Å². The predicted molar refractivity (Wildman–Crippen MR) is 92.8 cm³/mol. The number of carbonyl (C=O) groups excluding carboxylic acids is 1. The van der Waals surface area contributed by atoms with E-state index < -0.39 is 0 Å². The van der Waals surface area contributed by atoms with Gasteiger partial charge in [-0.2, -0.15) is 0 Å². The van der Waals surface area contributed by atoms with E-state index in [4.69, 9.17) is 4.74 Å². The fourth-order valence-corrected chi connectivity index (χ4v) is 3.64. The Morgan fingerprint density at radius 1 is 1.57 bits per heavy atom. The number of guanidine groups is 1. The minimum absolute atomic E-state index is 0.0794. The van der Waals surface area contributed by atoms with Gasteiger partial charge in [0.2, 0.25) is 0 Å². The molecule has 1 fully saturated rings. The number of likely N-dealkylation sites (tertiary alicyclic amines) is 1. The van der Waals surface area contributed by atoms with Gasteiger partial charge in [-0.25, -0.2) is 4.98 Å². The molecule has 0 amide bonds. The van der Waals surface area contributed by atoms with Crippen molar-refractivity contribution in [3.63, 3.8) is 0 Å². The smallest absolute Gasteiger partial charge is 0.310 e. The van der Waals surface area contributed by atoms with Crippen LogP contribution >= 0.6 is 11.3 Å². The van der Waals surface area contributed by atoms with E-state index in [0.29, 0.717) is 6.54 Å². The monoisotopic (exact) mass is 338 g/mol. The zero-order chi connectivity index (χ0) is 16.8. The molecule has 1 saturated heterocycles. The molecule has 1 aromatic rings. The molecule has 0 radical (unpaired) electrons. The number of methoxy groups -OCH3 is 1. The zero-order valence-corrected chi connectivity index (χ0v) is 15.2. The van der Waals surface area contributed by atoms with Crippen LogP contribution in [0, 0.1) is 11.8 Å². The molecule has 1 N–H and O–H groups in total. The SMILES string of the molecule is CCc1nc(CCNC(=NC)N2CC(C)C(C(=O)OC)C2)cs1. The number of ether oxygens (including phenoxy) is 1. The zero-order valence-electron chi connectivity index (χ0n) is 14.3. The third-order valence-electron chi connectivity index (χ3n) is 4.19. The summed E-state index contributed by atoms with van der Waals surface area (Å²) in [5.41, 5.74) is 1.12. The molecule has 2 atom stereocenters. The highest BCUT2D eigenvalue weighted by molar-refractivity contribution is 7.09. The lowest BCUT2D eigenvalue weighted by molar-refractivity contribution is -0.145. The van der Waals surface area contributed by atoms with Gasteiger partial charge < -0.3 is 15.0 Å². The number of aromatic nitrogens is 1. The Hall–Kier alpha value is -1.63. The standard InChI is InChI=1S/C16H26N4O2S/c1-5-14-19-12(10-23-14)6-7-18-16(17-3)20-8-11(2)13(9-20)15(21)22-4/h10-11,13H,5-9H2,1-4H3,(H,17,18). The van der Waals surface area contributed by atoms with E-state index in [0.717, 1.165) is 37.6 Å². The van der Waals surface area contributed by atoms with Crippen LogP contribution < -0.4 is 5.32 Å². The van der Waals surface area contributed by atoms with E-state index in [2.05, 4.69) is 39.4 Å². The molecule has 0 aliphatic carbocycles. The normalized spacial score (nSPS) is 21.6. The molecule has 2 heterocycles. The van der Waals surface area contributed by atoms with Gasteiger partial charge in [-0.15, -0.1) is 11.3 Å². The Labute approximate surface area is 142 Å². The summed E-state index contributed by atoms with van der Waals surface area (Å²) in [6.45, 7) is 6.46. The van der Waals surface area contributed by atoms with Crippen LogP contribution in [0.4, 0.5) is 0 Å². The molecule has 7 heteroatoms. The first-order valence-electron chi connectivity index (χ1n) is 8.05. The third-order valence-corrected chi connectivity index (χ3v) is 5.24. The van der Waals surface area contributed by atoms with E-state index in [1.807, 2.05) is 0 Å². The molecular formula is C16H26N4O2S. The molecule has 0 saturated carbocycles. The summed E-state index contributed by atoms with van der Waals surface area (Å²) in [6.07, 6.45) is 1.86. The summed E-state index contributed by atoms with van der Waals surface area (Å²) in [5.74, 6) is 0.898. The number of nitrogens with zero attached hydrogens (tertiary/aromatic N) is 3. The molecule has 128 valence electrons. The van der Waals surface area contributed by atoms with Crippen LogP contribution in [0.15, 0.2) is 10.4 Å². The predicted octanol–water partition coefficient (Wildman–Crippen LogP) is 1.56. The molecule has 1 aliphatic rings. The van der Waals surface area contributed by atoms with Crippen molar-refractivity contribution >= 4 is 23.3 Å². The average Bonchev–Trinajstić information content (AvgIpc) is 3.17. The van der Waals surface area contributed by atoms with Gasteiger partial charge in [-0.3, -0.25) is 9.79 Å². The molecule has 1 aliphatic heterocycles. The third kappa shape index (κ3) is 4.43. The number of nitrogens with one attached hydrogen (secondary N) is 1. The molecule has 23 heavy (non-hydrogen) atoms. The van der Waals surface area contributed by atoms with Crippen LogP contribution in [0.25, 0.3) is 0 Å². The maximum absolute atomic E-state index is 11.8. The molecule has 2 unspecified atom stereocenters. The van der Waals surface area contributed by atoms with Crippen molar-refractivity contribution in [2.24, 2.45) is 16.8 Å². The molecule has 1 aromatic heterocycles. The lowest BCUT2D eigenvalue weighted by Crippen LogP contribution is -2.41.